The molecule has 0 fully saturated rings. The van der Waals surface area contributed by atoms with E-state index in [1.54, 1.807) is 7.11 Å². The molecule has 126 valence electrons. The van der Waals surface area contributed by atoms with E-state index in [4.69, 9.17) is 22.1 Å². The Morgan fingerprint density at radius 1 is 1.17 bits per heavy atom. The normalized spacial score (nSPS) is 11.2. The van der Waals surface area contributed by atoms with E-state index in [0.717, 1.165) is 52.2 Å². The van der Waals surface area contributed by atoms with Crippen LogP contribution in [0.4, 0.5) is 0 Å². The summed E-state index contributed by atoms with van der Waals surface area (Å²) < 4.78 is 5.38. The molecule has 0 bridgehead atoms. The van der Waals surface area contributed by atoms with Crippen LogP contribution in [0, 0.1) is 6.92 Å². The average molecular weight is 343 g/mol. The topological polar surface area (TPSA) is 51.0 Å². The Morgan fingerprint density at radius 2 is 2.00 bits per heavy atom. The minimum absolute atomic E-state index is 0.712. The Balaban J connectivity index is 2.19. The van der Waals surface area contributed by atoms with Gasteiger partial charge in [-0.2, -0.15) is 0 Å². The Bertz CT molecular complexity index is 854. The van der Waals surface area contributed by atoms with Crippen LogP contribution < -0.4 is 10.5 Å². The van der Waals surface area contributed by atoms with E-state index in [2.05, 4.69) is 30.1 Å². The van der Waals surface area contributed by atoms with Crippen molar-refractivity contribution in [3.8, 4) is 17.0 Å². The number of aromatic nitrogens is 1. The lowest BCUT2D eigenvalue weighted by molar-refractivity contribution is 0.415. The summed E-state index contributed by atoms with van der Waals surface area (Å²) in [6.07, 6.45) is 3.01. The van der Waals surface area contributed by atoms with Gasteiger partial charge in [0.05, 0.1) is 17.6 Å². The molecule has 0 unspecified atom stereocenters. The summed E-state index contributed by atoms with van der Waals surface area (Å²) in [5.41, 5.74) is 11.5. The summed E-state index contributed by atoms with van der Waals surface area (Å²) in [6, 6.07) is 12.2. The number of benzene rings is 2. The van der Waals surface area contributed by atoms with Crippen molar-refractivity contribution in [2.75, 3.05) is 13.7 Å². The first kappa shape index (κ1) is 16.9. The Hall–Kier alpha value is -1.97. The molecular formula is C20H23ClN2O. The van der Waals surface area contributed by atoms with Crippen LogP contribution in [0.2, 0.25) is 5.02 Å². The number of methoxy groups -OCH3 is 1. The highest BCUT2D eigenvalue weighted by molar-refractivity contribution is 6.36. The maximum atomic E-state index is 6.54. The van der Waals surface area contributed by atoms with Crippen LogP contribution >= 0.6 is 11.6 Å². The lowest BCUT2D eigenvalue weighted by Crippen LogP contribution is -1.99. The zero-order valence-electron chi connectivity index (χ0n) is 14.2. The maximum Gasteiger partial charge on any atom is 0.119 e. The van der Waals surface area contributed by atoms with Crippen molar-refractivity contribution in [3.05, 3.63) is 52.5 Å². The highest BCUT2D eigenvalue weighted by atomic mass is 35.5. The van der Waals surface area contributed by atoms with Gasteiger partial charge < -0.3 is 15.5 Å². The summed E-state index contributed by atoms with van der Waals surface area (Å²) in [4.78, 5) is 3.60. The highest BCUT2D eigenvalue weighted by Gasteiger charge is 2.17. The van der Waals surface area contributed by atoms with Crippen LogP contribution in [0.15, 0.2) is 36.4 Å². The highest BCUT2D eigenvalue weighted by Crippen LogP contribution is 2.37. The number of H-pyrrole nitrogens is 1. The van der Waals surface area contributed by atoms with E-state index in [-0.39, 0.29) is 0 Å². The molecule has 3 N–H and O–H groups in total. The van der Waals surface area contributed by atoms with Crippen molar-refractivity contribution in [2.45, 2.75) is 26.2 Å². The van der Waals surface area contributed by atoms with Gasteiger partial charge in [-0.3, -0.25) is 0 Å². The van der Waals surface area contributed by atoms with Crippen molar-refractivity contribution in [3.63, 3.8) is 0 Å². The van der Waals surface area contributed by atoms with E-state index in [9.17, 15) is 0 Å². The molecule has 0 atom stereocenters. The number of aryl methyl sites for hydroxylation is 2. The Morgan fingerprint density at radius 3 is 2.75 bits per heavy atom. The smallest absolute Gasteiger partial charge is 0.119 e. The second-order valence-corrected chi connectivity index (χ2v) is 6.48. The minimum Gasteiger partial charge on any atom is -0.497 e. The third-order valence-corrected chi connectivity index (χ3v) is 4.77. The fourth-order valence-electron chi connectivity index (χ4n) is 3.18. The summed E-state index contributed by atoms with van der Waals surface area (Å²) in [5.74, 6) is 0.849. The van der Waals surface area contributed by atoms with Gasteiger partial charge in [0, 0.05) is 16.6 Å². The monoisotopic (exact) mass is 342 g/mol. The third kappa shape index (κ3) is 3.14. The minimum atomic E-state index is 0.712. The molecule has 2 aromatic carbocycles. The molecule has 1 heterocycles. The van der Waals surface area contributed by atoms with Gasteiger partial charge in [0.25, 0.3) is 0 Å². The fourth-order valence-corrected chi connectivity index (χ4v) is 3.46. The fraction of sp³-hybridized carbons (Fsp3) is 0.300. The van der Waals surface area contributed by atoms with Gasteiger partial charge in [0.1, 0.15) is 5.75 Å². The van der Waals surface area contributed by atoms with Gasteiger partial charge in [-0.15, -0.1) is 0 Å². The summed E-state index contributed by atoms with van der Waals surface area (Å²) in [5, 5.41) is 1.93. The molecule has 24 heavy (non-hydrogen) atoms. The van der Waals surface area contributed by atoms with Gasteiger partial charge in [-0.1, -0.05) is 29.8 Å². The predicted molar refractivity (Wildman–Crippen MR) is 102 cm³/mol. The van der Waals surface area contributed by atoms with Crippen molar-refractivity contribution in [1.82, 2.24) is 4.98 Å². The Kier molecular flexibility index (Phi) is 5.12. The average Bonchev–Trinajstić information content (AvgIpc) is 2.99. The lowest BCUT2D eigenvalue weighted by atomic mass is 9.99. The van der Waals surface area contributed by atoms with Crippen LogP contribution in [-0.2, 0) is 6.42 Å². The molecule has 0 aliphatic heterocycles. The van der Waals surface area contributed by atoms with Crippen molar-refractivity contribution >= 4 is 22.5 Å². The number of hydrogen-bond donors (Lipinski definition) is 2. The molecule has 3 aromatic rings. The molecule has 0 amide bonds. The molecule has 3 rings (SSSR count). The van der Waals surface area contributed by atoms with Crippen LogP contribution in [-0.4, -0.2) is 18.6 Å². The molecule has 0 aliphatic rings. The van der Waals surface area contributed by atoms with Crippen molar-refractivity contribution < 1.29 is 4.74 Å². The van der Waals surface area contributed by atoms with Crippen molar-refractivity contribution in [1.29, 1.82) is 0 Å². The second kappa shape index (κ2) is 7.29. The van der Waals surface area contributed by atoms with Gasteiger partial charge in [0.15, 0.2) is 0 Å². The molecule has 0 radical (unpaired) electrons. The third-order valence-electron chi connectivity index (χ3n) is 4.46. The molecule has 0 aliphatic carbocycles. The number of rotatable bonds is 6. The quantitative estimate of drug-likeness (QED) is 0.613. The van der Waals surface area contributed by atoms with Crippen LogP contribution in [0.3, 0.4) is 0 Å². The van der Waals surface area contributed by atoms with E-state index in [1.165, 1.54) is 11.1 Å². The first-order valence-electron chi connectivity index (χ1n) is 8.30. The van der Waals surface area contributed by atoms with Crippen LogP contribution in [0.5, 0.6) is 5.75 Å². The molecular weight excluding hydrogens is 320 g/mol. The zero-order valence-corrected chi connectivity index (χ0v) is 14.9. The predicted octanol–water partition coefficient (Wildman–Crippen LogP) is 5.09. The van der Waals surface area contributed by atoms with E-state index >= 15 is 0 Å². The summed E-state index contributed by atoms with van der Waals surface area (Å²) in [6.45, 7) is 2.82. The number of fused-ring (bicyclic) bond motifs is 1. The molecule has 1 aromatic heterocycles. The summed E-state index contributed by atoms with van der Waals surface area (Å²) >= 11 is 6.54. The second-order valence-electron chi connectivity index (χ2n) is 6.07. The number of nitrogens with two attached hydrogens (primary N) is 1. The van der Waals surface area contributed by atoms with E-state index in [0.29, 0.717) is 6.54 Å². The number of unbranched alkanes of at least 4 members (excludes halogenated alkanes) is 1. The molecule has 4 heteroatoms. The van der Waals surface area contributed by atoms with Gasteiger partial charge in [0.2, 0.25) is 0 Å². The number of aromatic amines is 1. The number of ether oxygens (including phenoxy) is 1. The first-order valence-corrected chi connectivity index (χ1v) is 8.67. The van der Waals surface area contributed by atoms with E-state index in [1.807, 2.05) is 18.2 Å². The SMILES string of the molecule is COc1cccc(-c2[nH]c3c(C)ccc(Cl)c3c2CCCCN)c1. The molecule has 0 spiro atoms. The number of halogens is 1. The van der Waals surface area contributed by atoms with Crippen LogP contribution in [0.25, 0.3) is 22.2 Å². The Labute approximate surface area is 147 Å². The lowest BCUT2D eigenvalue weighted by Gasteiger charge is -2.07. The van der Waals surface area contributed by atoms with Gasteiger partial charge in [-0.05, 0) is 62.1 Å². The van der Waals surface area contributed by atoms with Crippen molar-refractivity contribution in [2.24, 2.45) is 5.73 Å². The molecule has 0 saturated heterocycles. The number of nitrogens with one attached hydrogen (secondary N) is 1. The molecule has 0 saturated carbocycles. The first-order chi connectivity index (χ1) is 11.7. The summed E-state index contributed by atoms with van der Waals surface area (Å²) in [7, 11) is 1.69. The zero-order chi connectivity index (χ0) is 17.1. The van der Waals surface area contributed by atoms with Gasteiger partial charge >= 0.3 is 0 Å². The van der Waals surface area contributed by atoms with Crippen LogP contribution in [0.1, 0.15) is 24.0 Å². The standard InChI is InChI=1S/C20H23ClN2O/c1-13-9-10-17(21)18-16(8-3-4-11-22)20(23-19(13)18)14-6-5-7-15(12-14)24-2/h5-7,9-10,12,23H,3-4,8,11,22H2,1-2H3. The maximum absolute atomic E-state index is 6.54. The van der Waals surface area contributed by atoms with E-state index < -0.39 is 0 Å². The largest absolute Gasteiger partial charge is 0.497 e. The van der Waals surface area contributed by atoms with Gasteiger partial charge in [-0.25, -0.2) is 0 Å². The number of hydrogen-bond acceptors (Lipinski definition) is 2. The molecule has 3 nitrogen and oxygen atoms in total.